The van der Waals surface area contributed by atoms with Crippen molar-refractivity contribution < 1.29 is 13.2 Å². The molecule has 0 spiro atoms. The van der Waals surface area contributed by atoms with Crippen LogP contribution in [-0.2, 0) is 0 Å². The first-order valence-electron chi connectivity index (χ1n) is 4.10. The van der Waals surface area contributed by atoms with Crippen molar-refractivity contribution in [2.45, 2.75) is 38.3 Å². The van der Waals surface area contributed by atoms with Gasteiger partial charge in [-0.2, -0.15) is 13.2 Å². The van der Waals surface area contributed by atoms with Gasteiger partial charge in [0.25, 0.3) is 0 Å². The highest BCUT2D eigenvalue weighted by Crippen LogP contribution is 2.63. The van der Waals surface area contributed by atoms with Crippen molar-refractivity contribution in [1.29, 1.82) is 0 Å². The zero-order valence-electron chi connectivity index (χ0n) is 6.25. The molecule has 3 aliphatic rings. The van der Waals surface area contributed by atoms with E-state index in [1.54, 1.807) is 0 Å². The van der Waals surface area contributed by atoms with Crippen molar-refractivity contribution in [2.24, 2.45) is 11.3 Å². The van der Waals surface area contributed by atoms with Gasteiger partial charge in [0.05, 0.1) is 5.41 Å². The minimum absolute atomic E-state index is 0.382. The average Bonchev–Trinajstić information content (AvgIpc) is 1.85. The van der Waals surface area contributed by atoms with E-state index in [0.29, 0.717) is 25.2 Å². The average molecular weight is 164 g/mol. The number of alkyl halides is 3. The third kappa shape index (κ3) is 0.893. The Kier molecular flexibility index (Phi) is 1.31. The molecule has 0 atom stereocenters. The molecule has 3 aliphatic carbocycles. The maximum atomic E-state index is 12.4. The second kappa shape index (κ2) is 1.93. The molecule has 0 aromatic rings. The Morgan fingerprint density at radius 1 is 1.18 bits per heavy atom. The molecular formula is C8H11F3. The summed E-state index contributed by atoms with van der Waals surface area (Å²) in [5, 5.41) is 0. The Bertz CT molecular complexity index is 159. The quantitative estimate of drug-likeness (QED) is 0.516. The van der Waals surface area contributed by atoms with Gasteiger partial charge in [0.15, 0.2) is 0 Å². The zero-order valence-corrected chi connectivity index (χ0v) is 6.25. The van der Waals surface area contributed by atoms with Gasteiger partial charge in [-0.15, -0.1) is 0 Å². The van der Waals surface area contributed by atoms with E-state index in [4.69, 9.17) is 0 Å². The van der Waals surface area contributed by atoms with Gasteiger partial charge in [-0.25, -0.2) is 0 Å². The lowest BCUT2D eigenvalue weighted by molar-refractivity contribution is -0.277. The summed E-state index contributed by atoms with van der Waals surface area (Å²) in [6.07, 6.45) is -0.911. The van der Waals surface area contributed by atoms with Crippen molar-refractivity contribution in [3.05, 3.63) is 0 Å². The predicted molar refractivity (Wildman–Crippen MR) is 35.1 cm³/mol. The molecule has 0 nitrogen and oxygen atoms in total. The Balaban J connectivity index is 2.13. The van der Waals surface area contributed by atoms with Crippen LogP contribution in [0.1, 0.15) is 32.1 Å². The molecule has 3 saturated carbocycles. The van der Waals surface area contributed by atoms with Gasteiger partial charge < -0.3 is 0 Å². The van der Waals surface area contributed by atoms with E-state index in [1.807, 2.05) is 0 Å². The van der Waals surface area contributed by atoms with Crippen molar-refractivity contribution in [3.63, 3.8) is 0 Å². The van der Waals surface area contributed by atoms with Crippen LogP contribution < -0.4 is 0 Å². The Morgan fingerprint density at radius 3 is 2.09 bits per heavy atom. The summed E-state index contributed by atoms with van der Waals surface area (Å²) < 4.78 is 37.1. The standard InChI is InChI=1S/C8H11F3/c9-8(10,11)7-3-1-2-6(4-7)5-7/h6H,1-5H2. The Labute approximate surface area is 63.8 Å². The molecule has 0 unspecified atom stereocenters. The van der Waals surface area contributed by atoms with Crippen LogP contribution in [0.4, 0.5) is 13.2 Å². The zero-order chi connectivity index (χ0) is 8.11. The van der Waals surface area contributed by atoms with Gasteiger partial charge in [-0.3, -0.25) is 0 Å². The van der Waals surface area contributed by atoms with Crippen LogP contribution in [-0.4, -0.2) is 6.18 Å². The molecule has 0 amide bonds. The minimum Gasteiger partial charge on any atom is -0.171 e. The molecule has 3 rings (SSSR count). The van der Waals surface area contributed by atoms with Gasteiger partial charge >= 0.3 is 6.18 Å². The normalized spacial score (nSPS) is 43.4. The fraction of sp³-hybridized carbons (Fsp3) is 1.00. The smallest absolute Gasteiger partial charge is 0.171 e. The summed E-state index contributed by atoms with van der Waals surface area (Å²) in [5.41, 5.74) is -1.24. The van der Waals surface area contributed by atoms with Gasteiger partial charge in [-0.05, 0) is 25.2 Å². The monoisotopic (exact) mass is 164 g/mol. The van der Waals surface area contributed by atoms with Crippen LogP contribution in [0.15, 0.2) is 0 Å². The lowest BCUT2D eigenvalue weighted by atomic mass is 9.54. The second-order valence-corrected chi connectivity index (χ2v) is 3.94. The summed E-state index contributed by atoms with van der Waals surface area (Å²) in [7, 11) is 0. The Hall–Kier alpha value is -0.210. The summed E-state index contributed by atoms with van der Waals surface area (Å²) in [6.45, 7) is 0. The predicted octanol–water partition coefficient (Wildman–Crippen LogP) is 3.13. The number of halogens is 3. The van der Waals surface area contributed by atoms with E-state index in [-0.39, 0.29) is 0 Å². The topological polar surface area (TPSA) is 0 Å². The maximum Gasteiger partial charge on any atom is 0.394 e. The van der Waals surface area contributed by atoms with E-state index in [0.717, 1.165) is 12.8 Å². The molecule has 0 N–H and O–H groups in total. The van der Waals surface area contributed by atoms with Crippen LogP contribution in [0.25, 0.3) is 0 Å². The molecule has 0 aliphatic heterocycles. The van der Waals surface area contributed by atoms with Gasteiger partial charge in [0, 0.05) is 0 Å². The summed E-state index contributed by atoms with van der Waals surface area (Å²) in [4.78, 5) is 0. The van der Waals surface area contributed by atoms with E-state index in [1.165, 1.54) is 0 Å². The van der Waals surface area contributed by atoms with Gasteiger partial charge in [0.1, 0.15) is 0 Å². The molecule has 3 fully saturated rings. The highest BCUT2D eigenvalue weighted by atomic mass is 19.4. The van der Waals surface area contributed by atoms with E-state index in [2.05, 4.69) is 0 Å². The minimum atomic E-state index is -3.93. The first-order chi connectivity index (χ1) is 5.04. The van der Waals surface area contributed by atoms with Crippen molar-refractivity contribution in [2.75, 3.05) is 0 Å². The van der Waals surface area contributed by atoms with E-state index >= 15 is 0 Å². The third-order valence-corrected chi connectivity index (χ3v) is 3.23. The van der Waals surface area contributed by atoms with Crippen molar-refractivity contribution in [3.8, 4) is 0 Å². The highest BCUT2D eigenvalue weighted by Gasteiger charge is 2.62. The molecule has 11 heavy (non-hydrogen) atoms. The highest BCUT2D eigenvalue weighted by molar-refractivity contribution is 5.01. The first kappa shape index (κ1) is 7.44. The second-order valence-electron chi connectivity index (χ2n) is 3.94. The van der Waals surface area contributed by atoms with Crippen molar-refractivity contribution >= 4 is 0 Å². The summed E-state index contributed by atoms with van der Waals surface area (Å²) in [6, 6.07) is 0. The van der Waals surface area contributed by atoms with Gasteiger partial charge in [-0.1, -0.05) is 12.8 Å². The molecule has 3 heteroatoms. The molecule has 64 valence electrons. The first-order valence-corrected chi connectivity index (χ1v) is 4.10. The van der Waals surface area contributed by atoms with Gasteiger partial charge in [0.2, 0.25) is 0 Å². The van der Waals surface area contributed by atoms with Crippen LogP contribution in [0, 0.1) is 11.3 Å². The fourth-order valence-electron chi connectivity index (χ4n) is 2.56. The molecule has 0 saturated heterocycles. The fourth-order valence-corrected chi connectivity index (χ4v) is 2.56. The van der Waals surface area contributed by atoms with Crippen LogP contribution in [0.2, 0.25) is 0 Å². The van der Waals surface area contributed by atoms with E-state index in [9.17, 15) is 13.2 Å². The number of hydrogen-bond acceptors (Lipinski definition) is 0. The SMILES string of the molecule is FC(F)(F)C12CCCC(C1)C2. The number of fused-ring (bicyclic) bond motifs is 2. The summed E-state index contributed by atoms with van der Waals surface area (Å²) in [5.74, 6) is 0.394. The van der Waals surface area contributed by atoms with E-state index < -0.39 is 11.6 Å². The number of hydrogen-bond donors (Lipinski definition) is 0. The lowest BCUT2D eigenvalue weighted by Gasteiger charge is -2.53. The molecule has 0 heterocycles. The summed E-state index contributed by atoms with van der Waals surface area (Å²) >= 11 is 0. The third-order valence-electron chi connectivity index (χ3n) is 3.23. The van der Waals surface area contributed by atoms with Crippen LogP contribution in [0.3, 0.4) is 0 Å². The lowest BCUT2D eigenvalue weighted by Crippen LogP contribution is -2.51. The Morgan fingerprint density at radius 2 is 1.82 bits per heavy atom. The molecule has 0 aromatic heterocycles. The molecule has 2 bridgehead atoms. The van der Waals surface area contributed by atoms with Crippen LogP contribution in [0.5, 0.6) is 0 Å². The molecular weight excluding hydrogens is 153 g/mol. The van der Waals surface area contributed by atoms with Crippen LogP contribution >= 0.6 is 0 Å². The molecule has 0 aromatic carbocycles. The maximum absolute atomic E-state index is 12.4. The van der Waals surface area contributed by atoms with Crippen molar-refractivity contribution in [1.82, 2.24) is 0 Å². The number of rotatable bonds is 0. The molecule has 0 radical (unpaired) electrons. The largest absolute Gasteiger partial charge is 0.394 e.